The molecule has 0 amide bonds. The van der Waals surface area contributed by atoms with Gasteiger partial charge in [0.2, 0.25) is 0 Å². The Hall–Kier alpha value is -1.35. The maximum absolute atomic E-state index is 10.6. The second-order valence-corrected chi connectivity index (χ2v) is 5.01. The lowest BCUT2D eigenvalue weighted by Crippen LogP contribution is -2.23. The number of aliphatic hydroxyl groups excluding tert-OH is 1. The lowest BCUT2D eigenvalue weighted by molar-refractivity contribution is 0.144. The fourth-order valence-electron chi connectivity index (χ4n) is 2.22. The van der Waals surface area contributed by atoms with Crippen LogP contribution in [0.25, 0.3) is 0 Å². The third-order valence-corrected chi connectivity index (χ3v) is 3.50. The van der Waals surface area contributed by atoms with E-state index in [9.17, 15) is 5.11 Å². The van der Waals surface area contributed by atoms with Gasteiger partial charge in [-0.25, -0.2) is 0 Å². The molecule has 2 rings (SSSR count). The molecule has 2 atom stereocenters. The van der Waals surface area contributed by atoms with E-state index in [1.54, 1.807) is 0 Å². The zero-order chi connectivity index (χ0) is 13.7. The largest absolute Gasteiger partial charge is 0.388 e. The molecule has 0 heterocycles. The molecule has 0 bridgehead atoms. The van der Waals surface area contributed by atoms with Crippen molar-refractivity contribution < 1.29 is 5.11 Å². The Labute approximate surface area is 119 Å². The highest BCUT2D eigenvalue weighted by molar-refractivity contribution is 6.30. The SMILES string of the molecule is CNC[C@H](c1ccc(Cl)cc1)[C@H](O)c1ccccc1. The van der Waals surface area contributed by atoms with Crippen LogP contribution in [0.3, 0.4) is 0 Å². The minimum Gasteiger partial charge on any atom is -0.388 e. The molecule has 2 N–H and O–H groups in total. The number of benzene rings is 2. The van der Waals surface area contributed by atoms with Crippen LogP contribution in [0.4, 0.5) is 0 Å². The van der Waals surface area contributed by atoms with E-state index in [4.69, 9.17) is 11.6 Å². The Balaban J connectivity index is 2.27. The lowest BCUT2D eigenvalue weighted by atomic mass is 9.89. The van der Waals surface area contributed by atoms with Crippen molar-refractivity contribution in [1.82, 2.24) is 5.32 Å². The van der Waals surface area contributed by atoms with Crippen LogP contribution < -0.4 is 5.32 Å². The van der Waals surface area contributed by atoms with E-state index in [0.717, 1.165) is 11.1 Å². The van der Waals surface area contributed by atoms with Gasteiger partial charge in [-0.15, -0.1) is 0 Å². The summed E-state index contributed by atoms with van der Waals surface area (Å²) in [5, 5.41) is 14.4. The van der Waals surface area contributed by atoms with Crippen LogP contribution in [0.15, 0.2) is 54.6 Å². The van der Waals surface area contributed by atoms with E-state index in [1.807, 2.05) is 61.6 Å². The van der Waals surface area contributed by atoms with Crippen molar-refractivity contribution in [3.63, 3.8) is 0 Å². The second-order valence-electron chi connectivity index (χ2n) is 4.57. The molecular weight excluding hydrogens is 258 g/mol. The zero-order valence-corrected chi connectivity index (χ0v) is 11.6. The molecule has 2 aromatic carbocycles. The van der Waals surface area contributed by atoms with Crippen LogP contribution in [0.5, 0.6) is 0 Å². The number of hydrogen-bond acceptors (Lipinski definition) is 2. The van der Waals surface area contributed by atoms with Gasteiger partial charge in [-0.3, -0.25) is 0 Å². The van der Waals surface area contributed by atoms with Crippen LogP contribution in [0, 0.1) is 0 Å². The molecule has 2 aromatic rings. The topological polar surface area (TPSA) is 32.3 Å². The summed E-state index contributed by atoms with van der Waals surface area (Å²) in [5.41, 5.74) is 2.01. The van der Waals surface area contributed by atoms with Crippen molar-refractivity contribution in [2.45, 2.75) is 12.0 Å². The maximum Gasteiger partial charge on any atom is 0.0870 e. The monoisotopic (exact) mass is 275 g/mol. The molecule has 100 valence electrons. The van der Waals surface area contributed by atoms with Crippen LogP contribution in [-0.4, -0.2) is 18.7 Å². The summed E-state index contributed by atoms with van der Waals surface area (Å²) in [5.74, 6) is 0.00432. The first-order valence-electron chi connectivity index (χ1n) is 6.35. The van der Waals surface area contributed by atoms with E-state index in [-0.39, 0.29) is 5.92 Å². The van der Waals surface area contributed by atoms with E-state index >= 15 is 0 Å². The van der Waals surface area contributed by atoms with E-state index in [1.165, 1.54) is 0 Å². The molecule has 0 aliphatic rings. The molecule has 0 aliphatic heterocycles. The highest BCUT2D eigenvalue weighted by Crippen LogP contribution is 2.30. The van der Waals surface area contributed by atoms with Gasteiger partial charge in [0.15, 0.2) is 0 Å². The fraction of sp³-hybridized carbons (Fsp3) is 0.250. The third-order valence-electron chi connectivity index (χ3n) is 3.24. The molecule has 0 fully saturated rings. The summed E-state index contributed by atoms with van der Waals surface area (Å²) in [6.07, 6.45) is -0.533. The molecule has 3 heteroatoms. The highest BCUT2D eigenvalue weighted by atomic mass is 35.5. The minimum absolute atomic E-state index is 0.00432. The Bertz CT molecular complexity index is 498. The van der Waals surface area contributed by atoms with E-state index in [2.05, 4.69) is 5.32 Å². The van der Waals surface area contributed by atoms with Gasteiger partial charge >= 0.3 is 0 Å². The third kappa shape index (κ3) is 3.57. The van der Waals surface area contributed by atoms with Crippen LogP contribution >= 0.6 is 11.6 Å². The van der Waals surface area contributed by atoms with Gasteiger partial charge in [-0.2, -0.15) is 0 Å². The van der Waals surface area contributed by atoms with Gasteiger partial charge in [0, 0.05) is 17.5 Å². The molecule has 0 aliphatic carbocycles. The molecule has 0 saturated carbocycles. The fourth-order valence-corrected chi connectivity index (χ4v) is 2.35. The van der Waals surface area contributed by atoms with Crippen molar-refractivity contribution in [3.8, 4) is 0 Å². The number of likely N-dealkylation sites (N-methyl/N-ethyl adjacent to an activating group) is 1. The Kier molecular flexibility index (Phi) is 4.97. The zero-order valence-electron chi connectivity index (χ0n) is 10.9. The Morgan fingerprint density at radius 2 is 1.63 bits per heavy atom. The Morgan fingerprint density at radius 3 is 2.21 bits per heavy atom. The maximum atomic E-state index is 10.6. The van der Waals surface area contributed by atoms with Gasteiger partial charge in [-0.1, -0.05) is 54.1 Å². The second kappa shape index (κ2) is 6.71. The van der Waals surface area contributed by atoms with Crippen molar-refractivity contribution in [1.29, 1.82) is 0 Å². The molecular formula is C16H18ClNO. The minimum atomic E-state index is -0.533. The van der Waals surface area contributed by atoms with Crippen molar-refractivity contribution in [2.24, 2.45) is 0 Å². The summed E-state index contributed by atoms with van der Waals surface area (Å²) in [6.45, 7) is 0.706. The molecule has 0 spiro atoms. The number of nitrogens with one attached hydrogen (secondary N) is 1. The summed E-state index contributed by atoms with van der Waals surface area (Å²) in [4.78, 5) is 0. The van der Waals surface area contributed by atoms with E-state index in [0.29, 0.717) is 11.6 Å². The molecule has 19 heavy (non-hydrogen) atoms. The number of rotatable bonds is 5. The predicted molar refractivity (Wildman–Crippen MR) is 79.5 cm³/mol. The number of hydrogen-bond donors (Lipinski definition) is 2. The first-order chi connectivity index (χ1) is 9.22. The lowest BCUT2D eigenvalue weighted by Gasteiger charge is -2.23. The summed E-state index contributed by atoms with van der Waals surface area (Å²) < 4.78 is 0. The van der Waals surface area contributed by atoms with Crippen LogP contribution in [0.1, 0.15) is 23.1 Å². The first kappa shape index (κ1) is 14.1. The van der Waals surface area contributed by atoms with Gasteiger partial charge in [0.05, 0.1) is 6.10 Å². The molecule has 0 radical (unpaired) electrons. The number of aliphatic hydroxyl groups is 1. The standard InChI is InChI=1S/C16H18ClNO/c1-18-11-15(12-7-9-14(17)10-8-12)16(19)13-5-3-2-4-6-13/h2-10,15-16,18-19H,11H2,1H3/t15-,16-/m1/s1. The van der Waals surface area contributed by atoms with Gasteiger partial charge < -0.3 is 10.4 Å². The predicted octanol–water partition coefficient (Wildman–Crippen LogP) is 3.38. The summed E-state index contributed by atoms with van der Waals surface area (Å²) in [7, 11) is 1.89. The molecule has 0 saturated heterocycles. The molecule has 2 nitrogen and oxygen atoms in total. The molecule has 0 unspecified atom stereocenters. The van der Waals surface area contributed by atoms with Crippen molar-refractivity contribution in [2.75, 3.05) is 13.6 Å². The van der Waals surface area contributed by atoms with Crippen molar-refractivity contribution in [3.05, 3.63) is 70.7 Å². The Morgan fingerprint density at radius 1 is 1.00 bits per heavy atom. The van der Waals surface area contributed by atoms with Crippen molar-refractivity contribution >= 4 is 11.6 Å². The summed E-state index contributed by atoms with van der Waals surface area (Å²) in [6, 6.07) is 17.4. The number of halogens is 1. The summed E-state index contributed by atoms with van der Waals surface area (Å²) >= 11 is 5.91. The van der Waals surface area contributed by atoms with Crippen LogP contribution in [0.2, 0.25) is 5.02 Å². The molecule has 0 aromatic heterocycles. The highest BCUT2D eigenvalue weighted by Gasteiger charge is 2.21. The quantitative estimate of drug-likeness (QED) is 0.877. The van der Waals surface area contributed by atoms with E-state index < -0.39 is 6.10 Å². The van der Waals surface area contributed by atoms with Gasteiger partial charge in [0.25, 0.3) is 0 Å². The van der Waals surface area contributed by atoms with Gasteiger partial charge in [-0.05, 0) is 30.3 Å². The van der Waals surface area contributed by atoms with Crippen LogP contribution in [-0.2, 0) is 0 Å². The average Bonchev–Trinajstić information content (AvgIpc) is 2.46. The van der Waals surface area contributed by atoms with Gasteiger partial charge in [0.1, 0.15) is 0 Å². The smallest absolute Gasteiger partial charge is 0.0870 e. The average molecular weight is 276 g/mol. The first-order valence-corrected chi connectivity index (χ1v) is 6.73. The normalized spacial score (nSPS) is 14.1.